The number of amides is 1. The predicted octanol–water partition coefficient (Wildman–Crippen LogP) is 0.0325. The predicted molar refractivity (Wildman–Crippen MR) is 86.3 cm³/mol. The zero-order chi connectivity index (χ0) is 16.6. The van der Waals surface area contributed by atoms with Crippen LogP contribution in [0.1, 0.15) is 33.5 Å². The molecule has 0 saturated carbocycles. The molecule has 1 aromatic rings. The minimum Gasteiger partial charge on any atom is -0.357 e. The Morgan fingerprint density at radius 3 is 2.50 bits per heavy atom. The number of rotatable bonds is 7. The molecular weight excluding hydrogens is 282 g/mol. The number of carbonyl (C=O) groups excluding carboxylic acids is 1. The number of carbonyl (C=O) groups is 1. The van der Waals surface area contributed by atoms with Crippen molar-refractivity contribution in [2.45, 2.75) is 34.2 Å². The summed E-state index contributed by atoms with van der Waals surface area (Å²) < 4.78 is 1.69. The third kappa shape index (κ3) is 5.34. The van der Waals surface area contributed by atoms with E-state index in [1.54, 1.807) is 4.68 Å². The Morgan fingerprint density at radius 2 is 1.95 bits per heavy atom. The molecule has 22 heavy (non-hydrogen) atoms. The first kappa shape index (κ1) is 17.9. The van der Waals surface area contributed by atoms with E-state index in [1.165, 1.54) is 6.33 Å². The van der Waals surface area contributed by atoms with E-state index in [1.807, 2.05) is 34.7 Å². The Balaban J connectivity index is 2.64. The minimum atomic E-state index is -0.517. The van der Waals surface area contributed by atoms with E-state index in [4.69, 9.17) is 0 Å². The molecule has 0 aliphatic rings. The monoisotopic (exact) mass is 309 g/mol. The maximum atomic E-state index is 12.0. The second-order valence-corrected chi connectivity index (χ2v) is 5.59. The van der Waals surface area contributed by atoms with Gasteiger partial charge in [0, 0.05) is 26.7 Å². The largest absolute Gasteiger partial charge is 0.357 e. The number of nitrogens with zero attached hydrogens (tertiary/aromatic N) is 4. The SMILES string of the molecule is CCNC(=O)C(C)(C)CNC(=NCc1ncnn1C)NCC. The van der Waals surface area contributed by atoms with Crippen molar-refractivity contribution < 1.29 is 4.79 Å². The molecule has 1 rings (SSSR count). The number of aryl methyl sites for hydroxylation is 1. The zero-order valence-electron chi connectivity index (χ0n) is 14.1. The second kappa shape index (κ2) is 8.35. The Bertz CT molecular complexity index is 507. The molecule has 0 aliphatic heterocycles. The fourth-order valence-corrected chi connectivity index (χ4v) is 1.74. The number of aliphatic imine (C=N–C) groups is 1. The van der Waals surface area contributed by atoms with Crippen molar-refractivity contribution in [3.05, 3.63) is 12.2 Å². The van der Waals surface area contributed by atoms with Gasteiger partial charge in [-0.2, -0.15) is 5.10 Å². The number of nitrogens with one attached hydrogen (secondary N) is 3. The highest BCUT2D eigenvalue weighted by Crippen LogP contribution is 2.13. The Labute approximate surface area is 131 Å². The summed E-state index contributed by atoms with van der Waals surface area (Å²) in [5, 5.41) is 13.2. The van der Waals surface area contributed by atoms with Crippen LogP contribution in [-0.4, -0.2) is 46.3 Å². The normalized spacial score (nSPS) is 12.1. The van der Waals surface area contributed by atoms with Gasteiger partial charge in [-0.1, -0.05) is 0 Å². The van der Waals surface area contributed by atoms with Crippen molar-refractivity contribution in [2.24, 2.45) is 17.5 Å². The summed E-state index contributed by atoms with van der Waals surface area (Å²) in [6, 6.07) is 0. The fraction of sp³-hybridized carbons (Fsp3) is 0.714. The van der Waals surface area contributed by atoms with Gasteiger partial charge in [0.15, 0.2) is 5.96 Å². The Kier molecular flexibility index (Phi) is 6.81. The van der Waals surface area contributed by atoms with Gasteiger partial charge in [0.25, 0.3) is 0 Å². The van der Waals surface area contributed by atoms with Crippen molar-refractivity contribution in [1.29, 1.82) is 0 Å². The third-order valence-corrected chi connectivity index (χ3v) is 3.18. The topological polar surface area (TPSA) is 96.2 Å². The van der Waals surface area contributed by atoms with Gasteiger partial charge >= 0.3 is 0 Å². The van der Waals surface area contributed by atoms with Gasteiger partial charge < -0.3 is 16.0 Å². The molecule has 8 nitrogen and oxygen atoms in total. The highest BCUT2D eigenvalue weighted by Gasteiger charge is 2.27. The number of guanidine groups is 1. The van der Waals surface area contributed by atoms with Crippen LogP contribution in [0.25, 0.3) is 0 Å². The van der Waals surface area contributed by atoms with Crippen LogP contribution < -0.4 is 16.0 Å². The standard InChI is InChI=1S/C14H27N7O/c1-6-15-12(22)14(3,4)9-18-13(16-7-2)17-8-11-19-10-20-21(11)5/h10H,6-9H2,1-5H3,(H,15,22)(H2,16,17,18). The summed E-state index contributed by atoms with van der Waals surface area (Å²) in [4.78, 5) is 20.6. The van der Waals surface area contributed by atoms with Gasteiger partial charge in [-0.3, -0.25) is 9.48 Å². The average molecular weight is 309 g/mol. The van der Waals surface area contributed by atoms with Gasteiger partial charge in [-0.05, 0) is 27.7 Å². The van der Waals surface area contributed by atoms with E-state index in [0.29, 0.717) is 25.6 Å². The van der Waals surface area contributed by atoms with Crippen molar-refractivity contribution >= 4 is 11.9 Å². The molecule has 0 unspecified atom stereocenters. The zero-order valence-corrected chi connectivity index (χ0v) is 14.1. The first-order valence-corrected chi connectivity index (χ1v) is 7.54. The summed E-state index contributed by atoms with van der Waals surface area (Å²) in [6.07, 6.45) is 1.50. The van der Waals surface area contributed by atoms with Crippen LogP contribution in [0.3, 0.4) is 0 Å². The Morgan fingerprint density at radius 1 is 1.27 bits per heavy atom. The first-order valence-electron chi connectivity index (χ1n) is 7.54. The molecule has 0 saturated heterocycles. The minimum absolute atomic E-state index is 0.0200. The molecule has 1 heterocycles. The maximum absolute atomic E-state index is 12.0. The van der Waals surface area contributed by atoms with Crippen LogP contribution >= 0.6 is 0 Å². The quantitative estimate of drug-likeness (QED) is 0.488. The highest BCUT2D eigenvalue weighted by molar-refractivity contribution is 5.84. The molecule has 0 fully saturated rings. The summed E-state index contributed by atoms with van der Waals surface area (Å²) in [5.74, 6) is 1.45. The van der Waals surface area contributed by atoms with Crippen molar-refractivity contribution in [3.8, 4) is 0 Å². The van der Waals surface area contributed by atoms with Gasteiger partial charge in [-0.25, -0.2) is 9.98 Å². The molecule has 0 radical (unpaired) electrons. The molecular formula is C14H27N7O. The molecule has 0 aromatic carbocycles. The van der Waals surface area contributed by atoms with Crippen LogP contribution in [0.2, 0.25) is 0 Å². The first-order chi connectivity index (χ1) is 10.4. The van der Waals surface area contributed by atoms with Crippen LogP contribution in [0.15, 0.2) is 11.3 Å². The lowest BCUT2D eigenvalue weighted by atomic mass is 9.92. The van der Waals surface area contributed by atoms with E-state index in [-0.39, 0.29) is 5.91 Å². The second-order valence-electron chi connectivity index (χ2n) is 5.59. The van der Waals surface area contributed by atoms with E-state index in [0.717, 1.165) is 12.4 Å². The van der Waals surface area contributed by atoms with Gasteiger partial charge in [-0.15, -0.1) is 0 Å². The average Bonchev–Trinajstić information content (AvgIpc) is 2.87. The molecule has 1 amide bonds. The lowest BCUT2D eigenvalue weighted by molar-refractivity contribution is -0.128. The lowest BCUT2D eigenvalue weighted by Crippen LogP contribution is -2.47. The number of hydrogen-bond donors (Lipinski definition) is 3. The summed E-state index contributed by atoms with van der Waals surface area (Å²) in [5.41, 5.74) is -0.517. The molecule has 0 spiro atoms. The van der Waals surface area contributed by atoms with Crippen LogP contribution in [0.5, 0.6) is 0 Å². The van der Waals surface area contributed by atoms with Crippen LogP contribution in [-0.2, 0) is 18.4 Å². The van der Waals surface area contributed by atoms with Gasteiger partial charge in [0.1, 0.15) is 18.7 Å². The molecule has 0 atom stereocenters. The Hall–Kier alpha value is -2.12. The summed E-state index contributed by atoms with van der Waals surface area (Å²) in [7, 11) is 1.83. The van der Waals surface area contributed by atoms with Crippen molar-refractivity contribution in [1.82, 2.24) is 30.7 Å². The lowest BCUT2D eigenvalue weighted by Gasteiger charge is -2.24. The summed E-state index contributed by atoms with van der Waals surface area (Å²) >= 11 is 0. The van der Waals surface area contributed by atoms with E-state index >= 15 is 0 Å². The van der Waals surface area contributed by atoms with E-state index in [2.05, 4.69) is 31.0 Å². The molecule has 8 heteroatoms. The van der Waals surface area contributed by atoms with Crippen molar-refractivity contribution in [3.63, 3.8) is 0 Å². The van der Waals surface area contributed by atoms with Crippen LogP contribution in [0.4, 0.5) is 0 Å². The highest BCUT2D eigenvalue weighted by atomic mass is 16.2. The van der Waals surface area contributed by atoms with Gasteiger partial charge in [0.2, 0.25) is 5.91 Å². The summed E-state index contributed by atoms with van der Waals surface area (Å²) in [6.45, 7) is 9.99. The molecule has 0 bridgehead atoms. The van der Waals surface area contributed by atoms with E-state index < -0.39 is 5.41 Å². The molecule has 3 N–H and O–H groups in total. The molecule has 1 aromatic heterocycles. The smallest absolute Gasteiger partial charge is 0.227 e. The maximum Gasteiger partial charge on any atom is 0.227 e. The fourth-order valence-electron chi connectivity index (χ4n) is 1.74. The van der Waals surface area contributed by atoms with Gasteiger partial charge in [0.05, 0.1) is 5.41 Å². The van der Waals surface area contributed by atoms with Crippen LogP contribution in [0, 0.1) is 5.41 Å². The number of aromatic nitrogens is 3. The van der Waals surface area contributed by atoms with E-state index in [9.17, 15) is 4.79 Å². The molecule has 0 aliphatic carbocycles. The third-order valence-electron chi connectivity index (χ3n) is 3.18. The van der Waals surface area contributed by atoms with Crippen molar-refractivity contribution in [2.75, 3.05) is 19.6 Å². The number of hydrogen-bond acceptors (Lipinski definition) is 4. The molecule has 124 valence electrons.